The molecule has 3 aromatic rings. The molecule has 0 saturated heterocycles. The van der Waals surface area contributed by atoms with Crippen molar-refractivity contribution in [2.75, 3.05) is 12.1 Å². The van der Waals surface area contributed by atoms with Gasteiger partial charge in [-0.3, -0.25) is 4.79 Å². The van der Waals surface area contributed by atoms with Gasteiger partial charge in [0.1, 0.15) is 5.75 Å². The zero-order valence-electron chi connectivity index (χ0n) is 16.2. The topological polar surface area (TPSA) is 92.1 Å². The van der Waals surface area contributed by atoms with E-state index in [1.807, 2.05) is 29.6 Å². The van der Waals surface area contributed by atoms with Crippen molar-refractivity contribution in [3.8, 4) is 17.0 Å². The Morgan fingerprint density at radius 3 is 2.47 bits per heavy atom. The summed E-state index contributed by atoms with van der Waals surface area (Å²) in [5.74, 6) is -0.507. The molecule has 0 saturated carbocycles. The molecule has 1 aliphatic heterocycles. The smallest absolute Gasteiger partial charge is 0.335 e. The Kier molecular flexibility index (Phi) is 5.16. The fraction of sp³-hybridized carbons (Fsp3) is 0.0909. The monoisotopic (exact) mass is 419 g/mol. The van der Waals surface area contributed by atoms with Crippen LogP contribution in [0.5, 0.6) is 5.75 Å². The van der Waals surface area contributed by atoms with Crippen LogP contribution in [0.4, 0.5) is 5.13 Å². The summed E-state index contributed by atoms with van der Waals surface area (Å²) in [4.78, 5) is 28.5. The summed E-state index contributed by atoms with van der Waals surface area (Å²) in [7, 11) is 1.61. The summed E-state index contributed by atoms with van der Waals surface area (Å²) in [6.45, 7) is 1.76. The number of carbonyl (C=O) groups excluding carboxylic acids is 1. The van der Waals surface area contributed by atoms with Crippen molar-refractivity contribution in [3.63, 3.8) is 0 Å². The molecule has 1 amide bonds. The number of hydrogen-bond donors (Lipinski definition) is 1. The van der Waals surface area contributed by atoms with Gasteiger partial charge in [0.05, 0.1) is 29.7 Å². The summed E-state index contributed by atoms with van der Waals surface area (Å²) < 4.78 is 5.17. The molecule has 0 atom stereocenters. The number of rotatable bonds is 5. The van der Waals surface area contributed by atoms with Crippen molar-refractivity contribution in [2.45, 2.75) is 6.92 Å². The maximum Gasteiger partial charge on any atom is 0.335 e. The molecule has 2 aromatic carbocycles. The quantitative estimate of drug-likeness (QED) is 0.622. The minimum atomic E-state index is -0.994. The number of methoxy groups -OCH3 is 1. The Morgan fingerprint density at radius 2 is 1.83 bits per heavy atom. The highest BCUT2D eigenvalue weighted by Crippen LogP contribution is 2.32. The number of benzene rings is 2. The first kappa shape index (κ1) is 19.5. The van der Waals surface area contributed by atoms with Gasteiger partial charge in [0, 0.05) is 10.9 Å². The molecule has 1 aliphatic rings. The molecule has 150 valence electrons. The second kappa shape index (κ2) is 7.92. The van der Waals surface area contributed by atoms with E-state index < -0.39 is 5.97 Å². The predicted molar refractivity (Wildman–Crippen MR) is 116 cm³/mol. The van der Waals surface area contributed by atoms with Crippen LogP contribution >= 0.6 is 11.3 Å². The number of thiazole rings is 1. The van der Waals surface area contributed by atoms with Gasteiger partial charge in [0.15, 0.2) is 0 Å². The number of carboxylic acids is 1. The summed E-state index contributed by atoms with van der Waals surface area (Å²) >= 11 is 1.33. The van der Waals surface area contributed by atoms with Crippen LogP contribution in [-0.2, 0) is 4.79 Å². The number of carboxylic acid groups (broad SMARTS) is 1. The van der Waals surface area contributed by atoms with E-state index in [4.69, 9.17) is 9.84 Å². The van der Waals surface area contributed by atoms with Gasteiger partial charge in [0.25, 0.3) is 5.91 Å². The number of carbonyl (C=O) groups is 2. The predicted octanol–water partition coefficient (Wildman–Crippen LogP) is 4.32. The van der Waals surface area contributed by atoms with Gasteiger partial charge >= 0.3 is 5.97 Å². The number of nitrogens with zero attached hydrogens (tertiary/aromatic N) is 3. The zero-order chi connectivity index (χ0) is 21.3. The van der Waals surface area contributed by atoms with Gasteiger partial charge in [-0.05, 0) is 55.0 Å². The van der Waals surface area contributed by atoms with Crippen molar-refractivity contribution in [3.05, 3.63) is 70.6 Å². The van der Waals surface area contributed by atoms with E-state index in [9.17, 15) is 9.59 Å². The number of ether oxygens (including phenoxy) is 1. The van der Waals surface area contributed by atoms with E-state index in [2.05, 4.69) is 10.1 Å². The van der Waals surface area contributed by atoms with Crippen molar-refractivity contribution in [1.82, 2.24) is 4.98 Å². The first-order valence-electron chi connectivity index (χ1n) is 9.01. The lowest BCUT2D eigenvalue weighted by molar-refractivity contribution is -0.114. The minimum absolute atomic E-state index is 0.191. The van der Waals surface area contributed by atoms with Crippen molar-refractivity contribution >= 4 is 40.1 Å². The molecule has 8 heteroatoms. The van der Waals surface area contributed by atoms with Crippen LogP contribution in [0.15, 0.2) is 64.6 Å². The molecule has 7 nitrogen and oxygen atoms in total. The third kappa shape index (κ3) is 3.72. The molecule has 30 heavy (non-hydrogen) atoms. The molecule has 0 unspecified atom stereocenters. The molecule has 1 aromatic heterocycles. The largest absolute Gasteiger partial charge is 0.497 e. The second-order valence-electron chi connectivity index (χ2n) is 6.53. The van der Waals surface area contributed by atoms with E-state index in [-0.39, 0.29) is 11.5 Å². The fourth-order valence-corrected chi connectivity index (χ4v) is 3.74. The first-order chi connectivity index (χ1) is 14.5. The average Bonchev–Trinajstić information content (AvgIpc) is 3.35. The second-order valence-corrected chi connectivity index (χ2v) is 7.37. The molecular formula is C22H17N3O4S. The summed E-state index contributed by atoms with van der Waals surface area (Å²) in [6.07, 6.45) is 1.70. The van der Waals surface area contributed by atoms with Crippen LogP contribution in [-0.4, -0.2) is 34.8 Å². The van der Waals surface area contributed by atoms with E-state index in [1.165, 1.54) is 28.5 Å². The molecule has 0 fully saturated rings. The highest BCUT2D eigenvalue weighted by Gasteiger charge is 2.30. The van der Waals surface area contributed by atoms with Crippen LogP contribution in [0, 0.1) is 0 Å². The van der Waals surface area contributed by atoms with Gasteiger partial charge < -0.3 is 9.84 Å². The molecule has 4 rings (SSSR count). The maximum absolute atomic E-state index is 12.9. The number of aromatic carboxylic acids is 1. The Morgan fingerprint density at radius 1 is 1.13 bits per heavy atom. The van der Waals surface area contributed by atoms with Crippen molar-refractivity contribution in [1.29, 1.82) is 0 Å². The number of hydrogen-bond acceptors (Lipinski definition) is 6. The van der Waals surface area contributed by atoms with Crippen LogP contribution in [0.1, 0.15) is 22.8 Å². The highest BCUT2D eigenvalue weighted by atomic mass is 32.1. The van der Waals surface area contributed by atoms with E-state index in [1.54, 1.807) is 32.2 Å². The standard InChI is InChI=1S/C22H17N3O4S/c1-13-18(11-14-3-5-16(6-4-14)21(27)28)20(26)25(24-13)22-23-19(12-30-22)15-7-9-17(29-2)10-8-15/h3-12H,1-2H3,(H,27,28)/b18-11+. The number of aromatic nitrogens is 1. The SMILES string of the molecule is COc1ccc(-c2csc(N3N=C(C)/C(=C\c4ccc(C(=O)O)cc4)C3=O)n2)cc1. The highest BCUT2D eigenvalue weighted by molar-refractivity contribution is 7.14. The lowest BCUT2D eigenvalue weighted by Gasteiger charge is -2.07. The number of amides is 1. The zero-order valence-corrected chi connectivity index (χ0v) is 17.0. The van der Waals surface area contributed by atoms with Crippen LogP contribution in [0.25, 0.3) is 17.3 Å². The van der Waals surface area contributed by atoms with Crippen LogP contribution in [0.3, 0.4) is 0 Å². The number of hydrazone groups is 1. The molecule has 0 aliphatic carbocycles. The van der Waals surface area contributed by atoms with Gasteiger partial charge in [-0.2, -0.15) is 10.1 Å². The third-order valence-electron chi connectivity index (χ3n) is 4.59. The van der Waals surface area contributed by atoms with Crippen LogP contribution in [0.2, 0.25) is 0 Å². The van der Waals surface area contributed by atoms with Gasteiger partial charge in [0.2, 0.25) is 5.13 Å². The maximum atomic E-state index is 12.9. The van der Waals surface area contributed by atoms with Gasteiger partial charge in [-0.25, -0.2) is 9.78 Å². The van der Waals surface area contributed by atoms with Crippen LogP contribution < -0.4 is 9.75 Å². The Labute approximate surface area is 176 Å². The Hall–Kier alpha value is -3.78. The molecule has 1 N–H and O–H groups in total. The summed E-state index contributed by atoms with van der Waals surface area (Å²) in [5.41, 5.74) is 3.59. The summed E-state index contributed by atoms with van der Waals surface area (Å²) in [5, 5.41) is 17.0. The van der Waals surface area contributed by atoms with Gasteiger partial charge in [-0.1, -0.05) is 12.1 Å². The lowest BCUT2D eigenvalue weighted by atomic mass is 10.1. The van der Waals surface area contributed by atoms with E-state index in [0.717, 1.165) is 22.6 Å². The Bertz CT molecular complexity index is 1180. The molecule has 0 radical (unpaired) electrons. The average molecular weight is 419 g/mol. The van der Waals surface area contributed by atoms with E-state index in [0.29, 0.717) is 16.4 Å². The molecule has 0 bridgehead atoms. The van der Waals surface area contributed by atoms with E-state index >= 15 is 0 Å². The van der Waals surface area contributed by atoms with Crippen molar-refractivity contribution < 1.29 is 19.4 Å². The first-order valence-corrected chi connectivity index (χ1v) is 9.89. The third-order valence-corrected chi connectivity index (χ3v) is 5.41. The normalized spacial score (nSPS) is 14.9. The minimum Gasteiger partial charge on any atom is -0.497 e. The molecular weight excluding hydrogens is 402 g/mol. The molecule has 2 heterocycles. The number of anilines is 1. The van der Waals surface area contributed by atoms with Crippen molar-refractivity contribution in [2.24, 2.45) is 5.10 Å². The fourth-order valence-electron chi connectivity index (χ4n) is 2.96. The molecule has 0 spiro atoms. The lowest BCUT2D eigenvalue weighted by Crippen LogP contribution is -2.21. The summed E-state index contributed by atoms with van der Waals surface area (Å²) in [6, 6.07) is 13.8. The van der Waals surface area contributed by atoms with Gasteiger partial charge in [-0.15, -0.1) is 11.3 Å². The Balaban J connectivity index is 1.57.